The third-order valence-electron chi connectivity index (χ3n) is 9.14. The number of aromatic nitrogens is 5. The number of rotatable bonds is 12. The molecule has 11 nitrogen and oxygen atoms in total. The van der Waals surface area contributed by atoms with E-state index in [0.29, 0.717) is 37.1 Å². The Morgan fingerprint density at radius 2 is 1.92 bits per heavy atom. The van der Waals surface area contributed by atoms with Crippen molar-refractivity contribution < 1.29 is 9.53 Å². The SMILES string of the molecule is COC1CCC(Nc2nc(NCc3c(C)cccc3-c3cc4cccc(NC(=O)/C=C/CN(C)C)c4[nH]3)n3ncc(C(C)C)c3n2)CC1. The number of hydrogen-bond acceptors (Lipinski definition) is 8. The monoisotopic (exact) mass is 649 g/mol. The molecule has 0 spiro atoms. The van der Waals surface area contributed by atoms with Crippen LogP contribution in [0, 0.1) is 6.92 Å². The Bertz CT molecular complexity index is 1920. The minimum atomic E-state index is -0.159. The molecular formula is C37H47N9O2. The number of carbonyl (C=O) groups is 1. The first kappa shape index (κ1) is 33.2. The number of hydrogen-bond donors (Lipinski definition) is 4. The van der Waals surface area contributed by atoms with Gasteiger partial charge in [0.05, 0.1) is 23.5 Å². The Hall–Kier alpha value is -4.74. The number of aryl methyl sites for hydroxylation is 1. The van der Waals surface area contributed by atoms with Gasteiger partial charge in [-0.25, -0.2) is 0 Å². The number of para-hydroxylation sites is 1. The van der Waals surface area contributed by atoms with Gasteiger partial charge in [0.2, 0.25) is 17.8 Å². The number of likely N-dealkylation sites (N-methyl/N-ethyl adjacent to an activating group) is 1. The highest BCUT2D eigenvalue weighted by molar-refractivity contribution is 6.06. The number of fused-ring (bicyclic) bond motifs is 2. The number of ether oxygens (including phenoxy) is 1. The van der Waals surface area contributed by atoms with Gasteiger partial charge in [-0.2, -0.15) is 19.6 Å². The van der Waals surface area contributed by atoms with Crippen LogP contribution in [0.15, 0.2) is 60.8 Å². The predicted molar refractivity (Wildman–Crippen MR) is 194 cm³/mol. The minimum absolute atomic E-state index is 0.159. The molecule has 48 heavy (non-hydrogen) atoms. The van der Waals surface area contributed by atoms with Gasteiger partial charge in [0.15, 0.2) is 5.65 Å². The standard InChI is InChI=1S/C37H47N9O2/c1-23(2)29-22-39-46-35(29)43-36(40-26-15-17-27(48-6)18-16-26)44-37(46)38-21-30-24(3)10-7-12-28(30)32-20-25-11-8-13-31(34(25)42-32)41-33(47)14-9-19-45(4)5/h7-14,20,22-23,26-27,42H,15-19,21H2,1-6H3,(H,41,47)(H2,38,40,43,44)/b14-9+. The summed E-state index contributed by atoms with van der Waals surface area (Å²) in [5.41, 5.74) is 7.84. The summed E-state index contributed by atoms with van der Waals surface area (Å²) < 4.78 is 7.39. The average Bonchev–Trinajstić information content (AvgIpc) is 3.70. The fourth-order valence-corrected chi connectivity index (χ4v) is 6.41. The molecule has 6 rings (SSSR count). The summed E-state index contributed by atoms with van der Waals surface area (Å²) in [7, 11) is 5.73. The second-order valence-corrected chi connectivity index (χ2v) is 13.3. The van der Waals surface area contributed by atoms with Crippen molar-refractivity contribution in [1.29, 1.82) is 0 Å². The van der Waals surface area contributed by atoms with Gasteiger partial charge >= 0.3 is 0 Å². The Balaban J connectivity index is 1.28. The van der Waals surface area contributed by atoms with Crippen LogP contribution in [-0.2, 0) is 16.1 Å². The molecule has 4 N–H and O–H groups in total. The second kappa shape index (κ2) is 14.6. The van der Waals surface area contributed by atoms with E-state index in [1.807, 2.05) is 47.9 Å². The van der Waals surface area contributed by atoms with Gasteiger partial charge in [0.1, 0.15) is 0 Å². The van der Waals surface area contributed by atoms with Gasteiger partial charge in [0, 0.05) is 54.5 Å². The summed E-state index contributed by atoms with van der Waals surface area (Å²) in [6.45, 7) is 7.66. The first-order valence-corrected chi connectivity index (χ1v) is 16.8. The summed E-state index contributed by atoms with van der Waals surface area (Å²) in [6.07, 6.45) is 9.73. The van der Waals surface area contributed by atoms with Gasteiger partial charge in [0.25, 0.3) is 0 Å². The molecule has 1 aliphatic carbocycles. The smallest absolute Gasteiger partial charge is 0.248 e. The molecule has 0 radical (unpaired) electrons. The number of carbonyl (C=O) groups excluding carboxylic acids is 1. The van der Waals surface area contributed by atoms with Gasteiger partial charge < -0.3 is 30.6 Å². The quantitative estimate of drug-likeness (QED) is 0.110. The molecule has 1 amide bonds. The molecule has 5 aromatic rings. The second-order valence-electron chi connectivity index (χ2n) is 13.3. The summed E-state index contributed by atoms with van der Waals surface area (Å²) >= 11 is 0. The highest BCUT2D eigenvalue weighted by Crippen LogP contribution is 2.33. The fraction of sp³-hybridized carbons (Fsp3) is 0.405. The van der Waals surface area contributed by atoms with Gasteiger partial charge in [-0.1, -0.05) is 50.3 Å². The number of nitrogens with zero attached hydrogens (tertiary/aromatic N) is 5. The van der Waals surface area contributed by atoms with Crippen molar-refractivity contribution >= 4 is 40.0 Å². The third kappa shape index (κ3) is 7.37. The summed E-state index contributed by atoms with van der Waals surface area (Å²) in [6, 6.07) is 14.7. The van der Waals surface area contributed by atoms with E-state index in [2.05, 4.69) is 72.0 Å². The lowest BCUT2D eigenvalue weighted by atomic mass is 9.93. The maximum Gasteiger partial charge on any atom is 0.248 e. The molecule has 0 saturated heterocycles. The number of amides is 1. The number of anilines is 3. The van der Waals surface area contributed by atoms with E-state index >= 15 is 0 Å². The third-order valence-corrected chi connectivity index (χ3v) is 9.14. The van der Waals surface area contributed by atoms with Crippen molar-refractivity contribution in [2.24, 2.45) is 0 Å². The van der Waals surface area contributed by atoms with E-state index in [1.165, 1.54) is 0 Å². The highest BCUT2D eigenvalue weighted by atomic mass is 16.5. The van der Waals surface area contributed by atoms with Crippen molar-refractivity contribution in [1.82, 2.24) is 29.5 Å². The van der Waals surface area contributed by atoms with Crippen LogP contribution in [0.4, 0.5) is 17.6 Å². The zero-order valence-electron chi connectivity index (χ0n) is 28.8. The molecule has 0 atom stereocenters. The summed E-state index contributed by atoms with van der Waals surface area (Å²) in [4.78, 5) is 28.1. The largest absolute Gasteiger partial charge is 0.381 e. The summed E-state index contributed by atoms with van der Waals surface area (Å²) in [5, 5.41) is 16.0. The zero-order chi connectivity index (χ0) is 33.8. The molecule has 11 heteroatoms. The van der Waals surface area contributed by atoms with Crippen LogP contribution in [0.5, 0.6) is 0 Å². The molecule has 252 valence electrons. The fourth-order valence-electron chi connectivity index (χ4n) is 6.41. The maximum atomic E-state index is 12.7. The molecule has 2 aromatic carbocycles. The molecule has 0 aliphatic heterocycles. The van der Waals surface area contributed by atoms with Crippen LogP contribution in [0.1, 0.15) is 62.1 Å². The normalized spacial score (nSPS) is 16.8. The molecule has 1 saturated carbocycles. The number of H-pyrrole nitrogens is 1. The van der Waals surface area contributed by atoms with E-state index in [9.17, 15) is 4.79 Å². The lowest BCUT2D eigenvalue weighted by Crippen LogP contribution is -2.30. The lowest BCUT2D eigenvalue weighted by Gasteiger charge is -2.28. The highest BCUT2D eigenvalue weighted by Gasteiger charge is 2.23. The van der Waals surface area contributed by atoms with Gasteiger partial charge in [-0.3, -0.25) is 4.79 Å². The Morgan fingerprint density at radius 1 is 1.12 bits per heavy atom. The van der Waals surface area contributed by atoms with Crippen molar-refractivity contribution in [3.63, 3.8) is 0 Å². The van der Waals surface area contributed by atoms with E-state index < -0.39 is 0 Å². The van der Waals surface area contributed by atoms with E-state index in [4.69, 9.17) is 19.8 Å². The molecule has 3 aromatic heterocycles. The van der Waals surface area contributed by atoms with Crippen molar-refractivity contribution in [2.45, 2.75) is 71.1 Å². The average molecular weight is 650 g/mol. The Kier molecular flexibility index (Phi) is 10.1. The van der Waals surface area contributed by atoms with Crippen molar-refractivity contribution in [3.8, 4) is 11.3 Å². The number of benzene rings is 2. The lowest BCUT2D eigenvalue weighted by molar-refractivity contribution is -0.111. The van der Waals surface area contributed by atoms with E-state index in [1.54, 1.807) is 13.2 Å². The molecular weight excluding hydrogens is 602 g/mol. The van der Waals surface area contributed by atoms with Gasteiger partial charge in [-0.15, -0.1) is 0 Å². The molecule has 1 aliphatic rings. The van der Waals surface area contributed by atoms with Crippen LogP contribution in [0.25, 0.3) is 27.8 Å². The predicted octanol–water partition coefficient (Wildman–Crippen LogP) is 6.74. The van der Waals surface area contributed by atoms with Crippen LogP contribution < -0.4 is 16.0 Å². The molecule has 0 bridgehead atoms. The first-order valence-electron chi connectivity index (χ1n) is 16.8. The van der Waals surface area contributed by atoms with Crippen LogP contribution in [0.2, 0.25) is 0 Å². The maximum absolute atomic E-state index is 12.7. The molecule has 3 heterocycles. The zero-order valence-corrected chi connectivity index (χ0v) is 28.8. The van der Waals surface area contributed by atoms with Crippen LogP contribution >= 0.6 is 0 Å². The molecule has 1 fully saturated rings. The summed E-state index contributed by atoms with van der Waals surface area (Å²) in [5.74, 6) is 1.36. The Labute approximate surface area is 282 Å². The minimum Gasteiger partial charge on any atom is -0.381 e. The van der Waals surface area contributed by atoms with Crippen LogP contribution in [0.3, 0.4) is 0 Å². The first-order chi connectivity index (χ1) is 23.2. The van der Waals surface area contributed by atoms with Gasteiger partial charge in [-0.05, 0) is 75.9 Å². The number of methoxy groups -OCH3 is 1. The Morgan fingerprint density at radius 3 is 2.67 bits per heavy atom. The number of nitrogens with one attached hydrogen (secondary N) is 4. The molecule has 0 unspecified atom stereocenters. The van der Waals surface area contributed by atoms with Crippen molar-refractivity contribution in [2.75, 3.05) is 43.7 Å². The number of aromatic amines is 1. The topological polar surface area (TPSA) is 124 Å². The van der Waals surface area contributed by atoms with Crippen molar-refractivity contribution in [3.05, 3.63) is 77.5 Å². The van der Waals surface area contributed by atoms with E-state index in [0.717, 1.165) is 75.9 Å². The van der Waals surface area contributed by atoms with Crippen LogP contribution in [-0.4, -0.2) is 75.3 Å². The van der Waals surface area contributed by atoms with E-state index in [-0.39, 0.29) is 11.8 Å².